The van der Waals surface area contributed by atoms with Gasteiger partial charge in [0.2, 0.25) is 0 Å². The minimum Gasteiger partial charge on any atom is -0.452 e. The van der Waals surface area contributed by atoms with Crippen molar-refractivity contribution in [2.24, 2.45) is 0 Å². The number of pyridine rings is 1. The number of amides is 1. The zero-order chi connectivity index (χ0) is 20.2. The van der Waals surface area contributed by atoms with Crippen molar-refractivity contribution >= 4 is 22.8 Å². The number of rotatable bonds is 4. The first-order chi connectivity index (χ1) is 14.1. The lowest BCUT2D eigenvalue weighted by Gasteiger charge is -2.26. The molecule has 0 saturated carbocycles. The number of carbonyl (C=O) groups excluding carboxylic acids is 2. The van der Waals surface area contributed by atoms with Gasteiger partial charge in [-0.1, -0.05) is 42.0 Å². The Bertz CT molecular complexity index is 1040. The molecule has 0 unspecified atom stereocenters. The predicted molar refractivity (Wildman–Crippen MR) is 113 cm³/mol. The van der Waals surface area contributed by atoms with Crippen molar-refractivity contribution in [3.63, 3.8) is 0 Å². The number of fused-ring (bicyclic) bond motifs is 1. The lowest BCUT2D eigenvalue weighted by atomic mass is 10.0. The smallest absolute Gasteiger partial charge is 0.339 e. The summed E-state index contributed by atoms with van der Waals surface area (Å²) in [6, 6.07) is 17.3. The molecule has 148 valence electrons. The molecular formula is C24H24N2O3. The summed E-state index contributed by atoms with van der Waals surface area (Å²) < 4.78 is 5.42. The third-order valence-corrected chi connectivity index (χ3v) is 5.29. The molecule has 0 spiro atoms. The molecule has 2 heterocycles. The summed E-state index contributed by atoms with van der Waals surface area (Å²) in [7, 11) is 0. The van der Waals surface area contributed by atoms with Crippen molar-refractivity contribution in [1.29, 1.82) is 0 Å². The highest BCUT2D eigenvalue weighted by molar-refractivity contribution is 6.05. The average Bonchev–Trinajstić information content (AvgIpc) is 2.77. The van der Waals surface area contributed by atoms with Crippen LogP contribution in [0.2, 0.25) is 0 Å². The third kappa shape index (κ3) is 4.29. The Morgan fingerprint density at radius 3 is 2.52 bits per heavy atom. The second-order valence-electron chi connectivity index (χ2n) is 7.46. The summed E-state index contributed by atoms with van der Waals surface area (Å²) in [6.45, 7) is 3.23. The van der Waals surface area contributed by atoms with E-state index in [0.717, 1.165) is 54.4 Å². The van der Waals surface area contributed by atoms with Gasteiger partial charge in [0, 0.05) is 24.0 Å². The van der Waals surface area contributed by atoms with Gasteiger partial charge in [0.15, 0.2) is 6.61 Å². The maximum Gasteiger partial charge on any atom is 0.339 e. The van der Waals surface area contributed by atoms with Gasteiger partial charge in [-0.3, -0.25) is 4.79 Å². The van der Waals surface area contributed by atoms with Gasteiger partial charge >= 0.3 is 5.97 Å². The number of ether oxygens (including phenoxy) is 1. The number of benzene rings is 2. The monoisotopic (exact) mass is 388 g/mol. The van der Waals surface area contributed by atoms with E-state index in [-0.39, 0.29) is 12.5 Å². The highest BCUT2D eigenvalue weighted by Gasteiger charge is 2.20. The SMILES string of the molecule is Cc1ccc2nc(-c3ccccc3)cc(C(=O)OCC(=O)N3CCCCC3)c2c1. The first-order valence-corrected chi connectivity index (χ1v) is 10.0. The van der Waals surface area contributed by atoms with Gasteiger partial charge in [-0.2, -0.15) is 0 Å². The Balaban J connectivity index is 1.63. The molecule has 3 aromatic rings. The van der Waals surface area contributed by atoms with Crippen LogP contribution in [-0.4, -0.2) is 41.5 Å². The third-order valence-electron chi connectivity index (χ3n) is 5.29. The minimum absolute atomic E-state index is 0.129. The number of carbonyl (C=O) groups is 2. The fourth-order valence-electron chi connectivity index (χ4n) is 3.70. The molecule has 0 radical (unpaired) electrons. The summed E-state index contributed by atoms with van der Waals surface area (Å²) in [5, 5.41) is 0.736. The molecule has 1 amide bonds. The van der Waals surface area contributed by atoms with Gasteiger partial charge < -0.3 is 9.64 Å². The highest BCUT2D eigenvalue weighted by Crippen LogP contribution is 2.26. The van der Waals surface area contributed by atoms with Crippen molar-refractivity contribution in [1.82, 2.24) is 9.88 Å². The van der Waals surface area contributed by atoms with Crippen molar-refractivity contribution in [2.75, 3.05) is 19.7 Å². The maximum atomic E-state index is 12.9. The van der Waals surface area contributed by atoms with Gasteiger partial charge in [-0.15, -0.1) is 0 Å². The van der Waals surface area contributed by atoms with Crippen LogP contribution in [0.5, 0.6) is 0 Å². The highest BCUT2D eigenvalue weighted by atomic mass is 16.5. The first-order valence-electron chi connectivity index (χ1n) is 10.0. The lowest BCUT2D eigenvalue weighted by molar-refractivity contribution is -0.135. The number of piperidine rings is 1. The Labute approximate surface area is 170 Å². The topological polar surface area (TPSA) is 59.5 Å². The van der Waals surface area contributed by atoms with Crippen LogP contribution in [-0.2, 0) is 9.53 Å². The molecule has 0 N–H and O–H groups in total. The van der Waals surface area contributed by atoms with Crippen LogP contribution < -0.4 is 0 Å². The van der Waals surface area contributed by atoms with Crippen LogP contribution in [0, 0.1) is 6.92 Å². The fraction of sp³-hybridized carbons (Fsp3) is 0.292. The van der Waals surface area contributed by atoms with E-state index in [1.165, 1.54) is 0 Å². The molecule has 1 aromatic heterocycles. The lowest BCUT2D eigenvalue weighted by Crippen LogP contribution is -2.38. The summed E-state index contributed by atoms with van der Waals surface area (Å²) in [6.07, 6.45) is 3.16. The van der Waals surface area contributed by atoms with Gasteiger partial charge in [0.25, 0.3) is 5.91 Å². The van der Waals surface area contributed by atoms with Crippen molar-refractivity contribution < 1.29 is 14.3 Å². The molecule has 1 aliphatic heterocycles. The van der Waals surface area contributed by atoms with Crippen LogP contribution in [0.4, 0.5) is 0 Å². The normalized spacial score (nSPS) is 14.0. The van der Waals surface area contributed by atoms with Gasteiger partial charge in [0.05, 0.1) is 16.8 Å². The molecule has 0 atom stereocenters. The molecule has 5 heteroatoms. The van der Waals surface area contributed by atoms with E-state index in [1.54, 1.807) is 11.0 Å². The Kier molecular flexibility index (Phi) is 5.56. The molecule has 4 rings (SSSR count). The van der Waals surface area contributed by atoms with Crippen LogP contribution in [0.1, 0.15) is 35.2 Å². The number of likely N-dealkylation sites (tertiary alicyclic amines) is 1. The molecule has 0 aliphatic carbocycles. The van der Waals surface area contributed by atoms with Gasteiger partial charge in [0.1, 0.15) is 0 Å². The molecular weight excluding hydrogens is 364 g/mol. The predicted octanol–water partition coefficient (Wildman–Crippen LogP) is 4.38. The largest absolute Gasteiger partial charge is 0.452 e. The van der Waals surface area contributed by atoms with Crippen LogP contribution in [0.3, 0.4) is 0 Å². The number of aryl methyl sites for hydroxylation is 1. The van der Waals surface area contributed by atoms with Crippen LogP contribution >= 0.6 is 0 Å². The van der Waals surface area contributed by atoms with Crippen molar-refractivity contribution in [2.45, 2.75) is 26.2 Å². The molecule has 1 fully saturated rings. The summed E-state index contributed by atoms with van der Waals surface area (Å²) in [5.41, 5.74) is 3.82. The van der Waals surface area contributed by atoms with Crippen LogP contribution in [0.25, 0.3) is 22.2 Å². The molecule has 2 aromatic carbocycles. The summed E-state index contributed by atoms with van der Waals surface area (Å²) >= 11 is 0. The van der Waals surface area contributed by atoms with Crippen molar-refractivity contribution in [3.05, 3.63) is 65.7 Å². The van der Waals surface area contributed by atoms with E-state index < -0.39 is 5.97 Å². The molecule has 1 saturated heterocycles. The number of esters is 1. The van der Waals surface area contributed by atoms with E-state index in [4.69, 9.17) is 9.72 Å². The van der Waals surface area contributed by atoms with E-state index in [1.807, 2.05) is 55.5 Å². The quantitative estimate of drug-likeness (QED) is 0.623. The standard InChI is InChI=1S/C24H24N2O3/c1-17-10-11-21-19(14-17)20(15-22(25-21)18-8-4-2-5-9-18)24(28)29-16-23(27)26-12-6-3-7-13-26/h2,4-5,8-11,14-15H,3,6-7,12-13,16H2,1H3. The second-order valence-corrected chi connectivity index (χ2v) is 7.46. The summed E-state index contributed by atoms with van der Waals surface area (Å²) in [5.74, 6) is -0.624. The van der Waals surface area contributed by atoms with Crippen LogP contribution in [0.15, 0.2) is 54.6 Å². The first kappa shape index (κ1) is 19.1. The molecule has 1 aliphatic rings. The Morgan fingerprint density at radius 2 is 1.76 bits per heavy atom. The second kappa shape index (κ2) is 8.43. The van der Waals surface area contributed by atoms with E-state index in [2.05, 4.69) is 0 Å². The molecule has 5 nitrogen and oxygen atoms in total. The fourth-order valence-corrected chi connectivity index (χ4v) is 3.70. The summed E-state index contributed by atoms with van der Waals surface area (Å²) in [4.78, 5) is 31.8. The Morgan fingerprint density at radius 1 is 1.00 bits per heavy atom. The van der Waals surface area contributed by atoms with Crippen molar-refractivity contribution in [3.8, 4) is 11.3 Å². The molecule has 29 heavy (non-hydrogen) atoms. The molecule has 0 bridgehead atoms. The van der Waals surface area contributed by atoms with E-state index in [0.29, 0.717) is 11.3 Å². The number of aromatic nitrogens is 1. The van der Waals surface area contributed by atoms with E-state index in [9.17, 15) is 9.59 Å². The zero-order valence-corrected chi connectivity index (χ0v) is 16.6. The minimum atomic E-state index is -0.495. The van der Waals surface area contributed by atoms with E-state index >= 15 is 0 Å². The van der Waals surface area contributed by atoms with Gasteiger partial charge in [-0.05, 0) is 44.4 Å². The average molecular weight is 388 g/mol. The number of hydrogen-bond acceptors (Lipinski definition) is 4. The van der Waals surface area contributed by atoms with Gasteiger partial charge in [-0.25, -0.2) is 9.78 Å². The maximum absolute atomic E-state index is 12.9. The number of nitrogens with zero attached hydrogens (tertiary/aromatic N) is 2. The Hall–Kier alpha value is -3.21. The zero-order valence-electron chi connectivity index (χ0n) is 16.6. The number of hydrogen-bond donors (Lipinski definition) is 0.